The molecule has 0 bridgehead atoms. The second kappa shape index (κ2) is 60.1. The number of carbonyl (C=O) groups is 10. The van der Waals surface area contributed by atoms with E-state index in [0.717, 1.165) is 51.9 Å². The lowest BCUT2D eigenvalue weighted by Crippen LogP contribution is -2.29. The summed E-state index contributed by atoms with van der Waals surface area (Å²) in [4.78, 5) is 116. The van der Waals surface area contributed by atoms with Crippen LogP contribution in [0.5, 0.6) is 0 Å². The average Bonchev–Trinajstić information content (AvgIpc) is 3.41. The van der Waals surface area contributed by atoms with Crippen LogP contribution in [-0.4, -0.2) is 132 Å². The van der Waals surface area contributed by atoms with Crippen molar-refractivity contribution in [1.29, 1.82) is 0 Å². The molecule has 0 fully saturated rings. The van der Waals surface area contributed by atoms with E-state index in [9.17, 15) is 47.9 Å². The molecular weight excluding hydrogens is 1090 g/mol. The molecule has 0 aliphatic heterocycles. The number of hydrogen-bond donors (Lipinski definition) is 2. The summed E-state index contributed by atoms with van der Waals surface area (Å²) in [5, 5.41) is 6.42. The lowest BCUT2D eigenvalue weighted by atomic mass is 9.99. The summed E-state index contributed by atoms with van der Waals surface area (Å²) < 4.78 is 0. The highest BCUT2D eigenvalue weighted by Crippen LogP contribution is 2.12. The van der Waals surface area contributed by atoms with E-state index in [0.29, 0.717) is 117 Å². The lowest BCUT2D eigenvalue weighted by Gasteiger charge is -2.20. The summed E-state index contributed by atoms with van der Waals surface area (Å²) in [6.45, 7) is 58.9. The number of nitrogens with one attached hydrogen (secondary N) is 2. The van der Waals surface area contributed by atoms with Gasteiger partial charge in [0.1, 0.15) is 57.8 Å². The van der Waals surface area contributed by atoms with Crippen LogP contribution in [0.4, 0.5) is 0 Å². The van der Waals surface area contributed by atoms with Gasteiger partial charge in [-0.05, 0) is 74.0 Å². The SMILES string of the molecule is CC(C)C(=O)CCC(=O)C(C)C.CC(C)C(=O)CCC(=O)C(C)C.CC(C)C(=O)CCCCC(=O)C(C)C.CC(C)C(=O)CCCCCN(C)C(C)C.CC(C)C(=O)CCN(C)C(C)C.CC(C)NCCC(=O)C(C)C.CC(C)NCCC(=O)C(C)C. The van der Waals surface area contributed by atoms with E-state index in [2.05, 4.69) is 89.9 Å². The topological polar surface area (TPSA) is 201 Å². The van der Waals surface area contributed by atoms with Crippen LogP contribution in [0.2, 0.25) is 0 Å². The molecule has 2 N–H and O–H groups in total. The van der Waals surface area contributed by atoms with E-state index in [1.165, 1.54) is 12.8 Å². The lowest BCUT2D eigenvalue weighted by molar-refractivity contribution is -0.127. The number of Topliss-reactive ketones (excluding diaryl/α,β-unsaturated/α-hetero) is 10. The highest BCUT2D eigenvalue weighted by atomic mass is 16.2. The normalized spacial score (nSPS) is 11.2. The van der Waals surface area contributed by atoms with Gasteiger partial charge in [0, 0.05) is 167 Å². The van der Waals surface area contributed by atoms with Crippen LogP contribution in [0, 0.1) is 59.2 Å². The molecule has 0 saturated heterocycles. The molecule has 516 valence electrons. The second-order valence-corrected chi connectivity index (χ2v) is 27.8. The first-order chi connectivity index (χ1) is 39.8. The quantitative estimate of drug-likeness (QED) is 0.0549. The zero-order chi connectivity index (χ0) is 69.9. The summed E-state index contributed by atoms with van der Waals surface area (Å²) in [7, 11) is 4.21. The molecule has 0 aliphatic rings. The van der Waals surface area contributed by atoms with Gasteiger partial charge in [-0.15, -0.1) is 0 Å². The zero-order valence-electron chi connectivity index (χ0n) is 62.5. The first kappa shape index (κ1) is 97.2. The van der Waals surface area contributed by atoms with Gasteiger partial charge in [-0.1, -0.05) is 173 Å². The fourth-order valence-corrected chi connectivity index (χ4v) is 6.59. The molecule has 0 spiro atoms. The van der Waals surface area contributed by atoms with Crippen molar-refractivity contribution in [2.45, 2.75) is 314 Å². The van der Waals surface area contributed by atoms with Gasteiger partial charge in [0.05, 0.1) is 0 Å². The molecular formula is C73H144N4O10. The number of carbonyl (C=O) groups excluding carboxylic acids is 10. The molecule has 0 radical (unpaired) electrons. The highest BCUT2D eigenvalue weighted by Gasteiger charge is 2.15. The summed E-state index contributed by atoms with van der Waals surface area (Å²) in [6, 6.07) is 2.12. The van der Waals surface area contributed by atoms with E-state index in [-0.39, 0.29) is 82.3 Å². The molecule has 0 heterocycles. The zero-order valence-corrected chi connectivity index (χ0v) is 62.5. The molecule has 14 heteroatoms. The third-order valence-corrected chi connectivity index (χ3v) is 14.5. The molecule has 14 nitrogen and oxygen atoms in total. The van der Waals surface area contributed by atoms with Gasteiger partial charge in [0.25, 0.3) is 0 Å². The highest BCUT2D eigenvalue weighted by molar-refractivity contribution is 5.88. The standard InChI is InChI=1S/C13H27NO.C12H22O2.C10H21NO.2C10H18O2.2C9H19NO/c1-11(2)13(15)9-7-6-8-10-14(5)12(3)4;1-9(2)11(13)7-5-6-8-12(14)10(3)4;1-8(2)10(12)6-7-11(5)9(3)4;2*1-7(2)9(11)5-6-10(12)8(3)4;2*1-7(2)9(11)5-6-10-8(3)4/h11-12H,6-10H2,1-5H3;9-10H,5-8H2,1-4H3;8-9H,6-7H2,1-5H3;2*7-8H,5-6H2,1-4H3;2*7-8,10H,5-6H2,1-4H3. The molecule has 0 aromatic heterocycles. The minimum absolute atomic E-state index is 0.0602. The van der Waals surface area contributed by atoms with Crippen molar-refractivity contribution in [2.75, 3.05) is 40.3 Å². The molecule has 0 amide bonds. The van der Waals surface area contributed by atoms with Crippen LogP contribution < -0.4 is 10.6 Å². The smallest absolute Gasteiger partial charge is 0.136 e. The van der Waals surface area contributed by atoms with Crippen LogP contribution in [-0.2, 0) is 47.9 Å². The van der Waals surface area contributed by atoms with Gasteiger partial charge < -0.3 is 20.4 Å². The van der Waals surface area contributed by atoms with Gasteiger partial charge >= 0.3 is 0 Å². The van der Waals surface area contributed by atoms with Crippen LogP contribution in [0.25, 0.3) is 0 Å². The van der Waals surface area contributed by atoms with Crippen LogP contribution in [0.15, 0.2) is 0 Å². The number of unbranched alkanes of at least 4 members (excludes halogenated alkanes) is 3. The Balaban J connectivity index is -0.000000172. The molecule has 0 aromatic rings. The third kappa shape index (κ3) is 71.5. The maximum Gasteiger partial charge on any atom is 0.136 e. The molecule has 0 rings (SSSR count). The molecule has 87 heavy (non-hydrogen) atoms. The van der Waals surface area contributed by atoms with Crippen molar-refractivity contribution in [1.82, 2.24) is 20.4 Å². The van der Waals surface area contributed by atoms with Crippen LogP contribution in [0.3, 0.4) is 0 Å². The molecule has 0 atom stereocenters. The first-order valence-corrected chi connectivity index (χ1v) is 34.0. The van der Waals surface area contributed by atoms with Gasteiger partial charge in [0.2, 0.25) is 0 Å². The second-order valence-electron chi connectivity index (χ2n) is 27.8. The van der Waals surface area contributed by atoms with E-state index >= 15 is 0 Å². The van der Waals surface area contributed by atoms with Crippen LogP contribution >= 0.6 is 0 Å². The first-order valence-electron chi connectivity index (χ1n) is 34.0. The van der Waals surface area contributed by atoms with Gasteiger partial charge in [-0.25, -0.2) is 0 Å². The van der Waals surface area contributed by atoms with Crippen molar-refractivity contribution < 1.29 is 47.9 Å². The Labute approximate surface area is 537 Å². The Hall–Kier alpha value is -3.46. The summed E-state index contributed by atoms with van der Waals surface area (Å²) in [5.41, 5.74) is 0. The maximum absolute atomic E-state index is 11.3. The minimum Gasteiger partial charge on any atom is -0.314 e. The van der Waals surface area contributed by atoms with Crippen molar-refractivity contribution in [3.63, 3.8) is 0 Å². The van der Waals surface area contributed by atoms with Crippen molar-refractivity contribution in [2.24, 2.45) is 59.2 Å². The van der Waals surface area contributed by atoms with Gasteiger partial charge in [-0.2, -0.15) is 0 Å². The summed E-state index contributed by atoms with van der Waals surface area (Å²) >= 11 is 0. The number of nitrogens with zero attached hydrogens (tertiary/aromatic N) is 2. The van der Waals surface area contributed by atoms with E-state index in [4.69, 9.17) is 0 Å². The van der Waals surface area contributed by atoms with E-state index < -0.39 is 0 Å². The average molecular weight is 1240 g/mol. The predicted molar refractivity (Wildman–Crippen MR) is 370 cm³/mol. The van der Waals surface area contributed by atoms with Gasteiger partial charge in [-0.3, -0.25) is 47.9 Å². The molecule has 0 saturated carbocycles. The van der Waals surface area contributed by atoms with Crippen molar-refractivity contribution >= 4 is 57.8 Å². The predicted octanol–water partition coefficient (Wildman–Crippen LogP) is 15.7. The number of hydrogen-bond acceptors (Lipinski definition) is 14. The molecule has 0 aromatic carbocycles. The monoisotopic (exact) mass is 1240 g/mol. The summed E-state index contributed by atoms with van der Waals surface area (Å²) in [6.07, 6.45) is 10.8. The minimum atomic E-state index is 0.0602. The fraction of sp³-hybridized carbons (Fsp3) is 0.863. The van der Waals surface area contributed by atoms with Crippen LogP contribution in [0.1, 0.15) is 290 Å². The van der Waals surface area contributed by atoms with Gasteiger partial charge in [0.15, 0.2) is 0 Å². The fourth-order valence-electron chi connectivity index (χ4n) is 6.59. The van der Waals surface area contributed by atoms with E-state index in [1.807, 2.05) is 138 Å². The Morgan fingerprint density at radius 2 is 0.414 bits per heavy atom. The van der Waals surface area contributed by atoms with Crippen molar-refractivity contribution in [3.05, 3.63) is 0 Å². The number of ketones is 10. The Bertz CT molecular complexity index is 1680. The maximum atomic E-state index is 11.3. The molecule has 0 aliphatic carbocycles. The largest absolute Gasteiger partial charge is 0.314 e. The molecule has 0 unspecified atom stereocenters. The third-order valence-electron chi connectivity index (χ3n) is 14.5. The van der Waals surface area contributed by atoms with E-state index in [1.54, 1.807) is 0 Å². The Morgan fingerprint density at radius 3 is 0.621 bits per heavy atom. The Kier molecular flexibility index (Phi) is 67.1. The van der Waals surface area contributed by atoms with Crippen molar-refractivity contribution in [3.8, 4) is 0 Å². The summed E-state index contributed by atoms with van der Waals surface area (Å²) in [5.74, 6) is 4.09. The number of rotatable bonds is 40. The Morgan fingerprint density at radius 1 is 0.230 bits per heavy atom.